The van der Waals surface area contributed by atoms with Crippen molar-refractivity contribution in [3.8, 4) is 0 Å². The summed E-state index contributed by atoms with van der Waals surface area (Å²) in [7, 11) is 1.73. The molecule has 17 heavy (non-hydrogen) atoms. The Bertz CT molecular complexity index is 222. The van der Waals surface area contributed by atoms with Crippen molar-refractivity contribution in [2.45, 2.75) is 46.0 Å². The van der Waals surface area contributed by atoms with Crippen LogP contribution in [0.4, 0.5) is 0 Å². The van der Waals surface area contributed by atoms with E-state index in [9.17, 15) is 0 Å². The number of rotatable bonds is 6. The lowest BCUT2D eigenvalue weighted by Gasteiger charge is -2.33. The molecule has 1 saturated carbocycles. The Morgan fingerprint density at radius 3 is 2.47 bits per heavy atom. The van der Waals surface area contributed by atoms with Crippen LogP contribution in [0, 0.1) is 17.2 Å². The molecule has 0 spiro atoms. The molecule has 0 aromatic carbocycles. The Kier molecular flexibility index (Phi) is 6.56. The van der Waals surface area contributed by atoms with Gasteiger partial charge in [-0.25, -0.2) is 0 Å². The van der Waals surface area contributed by atoms with Crippen LogP contribution < -0.4 is 0 Å². The molecule has 0 bridgehead atoms. The van der Waals surface area contributed by atoms with E-state index in [4.69, 9.17) is 10.1 Å². The van der Waals surface area contributed by atoms with Crippen molar-refractivity contribution in [1.29, 1.82) is 5.41 Å². The number of nitrogens with one attached hydrogen (secondary N) is 1. The number of methoxy groups -OCH3 is 1. The van der Waals surface area contributed by atoms with Crippen LogP contribution in [0.2, 0.25) is 0 Å². The Morgan fingerprint density at radius 2 is 1.94 bits per heavy atom. The number of nitrogens with zero attached hydrogens (tertiary/aromatic N) is 1. The van der Waals surface area contributed by atoms with Crippen LogP contribution in [0.25, 0.3) is 0 Å². The molecule has 0 saturated heterocycles. The zero-order valence-corrected chi connectivity index (χ0v) is 11.7. The van der Waals surface area contributed by atoms with Crippen molar-refractivity contribution < 1.29 is 4.74 Å². The Labute approximate surface area is 106 Å². The molecule has 1 aliphatic rings. The van der Waals surface area contributed by atoms with E-state index in [1.807, 2.05) is 0 Å². The van der Waals surface area contributed by atoms with Crippen LogP contribution in [-0.4, -0.2) is 37.5 Å². The van der Waals surface area contributed by atoms with E-state index < -0.39 is 0 Å². The van der Waals surface area contributed by atoms with Crippen molar-refractivity contribution in [3.63, 3.8) is 0 Å². The second-order valence-electron chi connectivity index (χ2n) is 5.55. The molecule has 1 aliphatic carbocycles. The van der Waals surface area contributed by atoms with Crippen LogP contribution in [0.15, 0.2) is 0 Å². The van der Waals surface area contributed by atoms with Crippen LogP contribution in [0.5, 0.6) is 0 Å². The molecule has 1 rings (SSSR count). The highest BCUT2D eigenvalue weighted by molar-refractivity contribution is 5.81. The first-order valence-electron chi connectivity index (χ1n) is 6.97. The third-order valence-electron chi connectivity index (χ3n) is 3.48. The molecule has 0 heterocycles. The van der Waals surface area contributed by atoms with Crippen LogP contribution >= 0.6 is 0 Å². The maximum absolute atomic E-state index is 8.38. The van der Waals surface area contributed by atoms with Gasteiger partial charge < -0.3 is 9.64 Å². The van der Waals surface area contributed by atoms with E-state index in [2.05, 4.69) is 18.7 Å². The van der Waals surface area contributed by atoms with E-state index in [0.29, 0.717) is 11.8 Å². The van der Waals surface area contributed by atoms with E-state index in [1.165, 1.54) is 32.1 Å². The highest BCUT2D eigenvalue weighted by Gasteiger charge is 2.22. The van der Waals surface area contributed by atoms with Gasteiger partial charge in [0.25, 0.3) is 0 Å². The average Bonchev–Trinajstić information content (AvgIpc) is 2.34. The van der Waals surface area contributed by atoms with Crippen molar-refractivity contribution >= 4 is 5.84 Å². The monoisotopic (exact) mass is 240 g/mol. The van der Waals surface area contributed by atoms with Crippen molar-refractivity contribution in [3.05, 3.63) is 0 Å². The van der Waals surface area contributed by atoms with Gasteiger partial charge in [0.05, 0.1) is 12.4 Å². The molecule has 100 valence electrons. The summed E-state index contributed by atoms with van der Waals surface area (Å²) in [5.41, 5.74) is 0. The normalized spacial score (nSPS) is 17.4. The quantitative estimate of drug-likeness (QED) is 0.572. The van der Waals surface area contributed by atoms with E-state index in [1.54, 1.807) is 7.11 Å². The molecule has 0 unspecified atom stereocenters. The molecular formula is C14H28N2O. The van der Waals surface area contributed by atoms with Gasteiger partial charge in [-0.15, -0.1) is 0 Å². The van der Waals surface area contributed by atoms with Crippen LogP contribution in [0.3, 0.4) is 0 Å². The summed E-state index contributed by atoms with van der Waals surface area (Å²) in [6.45, 7) is 7.01. The summed E-state index contributed by atoms with van der Waals surface area (Å²) in [5, 5.41) is 8.38. The molecule has 3 nitrogen and oxygen atoms in total. The number of ether oxygens (including phenoxy) is 1. The molecule has 0 radical (unpaired) electrons. The van der Waals surface area contributed by atoms with Gasteiger partial charge in [-0.3, -0.25) is 5.41 Å². The predicted molar refractivity (Wildman–Crippen MR) is 72.6 cm³/mol. The molecular weight excluding hydrogens is 212 g/mol. The maximum Gasteiger partial charge on any atom is 0.0990 e. The first-order chi connectivity index (χ1) is 8.15. The van der Waals surface area contributed by atoms with Crippen molar-refractivity contribution in [2.24, 2.45) is 11.8 Å². The Hall–Kier alpha value is -0.570. The minimum Gasteiger partial charge on any atom is -0.383 e. The first-order valence-corrected chi connectivity index (χ1v) is 6.97. The standard InChI is InChI=1S/C14H28N2O/c1-12(2)11-16(9-10-17-3)14(15)13-7-5-4-6-8-13/h12-13,15H,4-11H2,1-3H3. The lowest BCUT2D eigenvalue weighted by Crippen LogP contribution is -2.40. The third kappa shape index (κ3) is 5.07. The fourth-order valence-corrected chi connectivity index (χ4v) is 2.59. The summed E-state index contributed by atoms with van der Waals surface area (Å²) in [5.74, 6) is 1.96. The average molecular weight is 240 g/mol. The SMILES string of the molecule is COCCN(CC(C)C)C(=N)C1CCCCC1. The van der Waals surface area contributed by atoms with E-state index in [0.717, 1.165) is 25.5 Å². The zero-order valence-electron chi connectivity index (χ0n) is 11.7. The third-order valence-corrected chi connectivity index (χ3v) is 3.48. The number of hydrogen-bond acceptors (Lipinski definition) is 2. The number of hydrogen-bond donors (Lipinski definition) is 1. The summed E-state index contributed by atoms with van der Waals surface area (Å²) in [4.78, 5) is 2.23. The minimum absolute atomic E-state index is 0.499. The highest BCUT2D eigenvalue weighted by atomic mass is 16.5. The molecule has 1 N–H and O–H groups in total. The molecule has 0 aliphatic heterocycles. The predicted octanol–water partition coefficient (Wildman–Crippen LogP) is 3.15. The van der Waals surface area contributed by atoms with Gasteiger partial charge in [0.15, 0.2) is 0 Å². The van der Waals surface area contributed by atoms with Crippen LogP contribution in [0.1, 0.15) is 46.0 Å². The van der Waals surface area contributed by atoms with Gasteiger partial charge in [-0.2, -0.15) is 0 Å². The fourth-order valence-electron chi connectivity index (χ4n) is 2.59. The largest absolute Gasteiger partial charge is 0.383 e. The van der Waals surface area contributed by atoms with Gasteiger partial charge in [0, 0.05) is 26.1 Å². The van der Waals surface area contributed by atoms with Gasteiger partial charge in [-0.1, -0.05) is 33.1 Å². The van der Waals surface area contributed by atoms with Gasteiger partial charge in [0.1, 0.15) is 0 Å². The Balaban J connectivity index is 2.50. The lowest BCUT2D eigenvalue weighted by atomic mass is 9.87. The van der Waals surface area contributed by atoms with Crippen molar-refractivity contribution in [2.75, 3.05) is 26.8 Å². The summed E-state index contributed by atoms with van der Waals surface area (Å²) in [6.07, 6.45) is 6.37. The second-order valence-corrected chi connectivity index (χ2v) is 5.55. The smallest absolute Gasteiger partial charge is 0.0990 e. The minimum atomic E-state index is 0.499. The van der Waals surface area contributed by atoms with E-state index >= 15 is 0 Å². The van der Waals surface area contributed by atoms with E-state index in [-0.39, 0.29) is 0 Å². The zero-order chi connectivity index (χ0) is 12.7. The molecule has 0 aromatic heterocycles. The Morgan fingerprint density at radius 1 is 1.29 bits per heavy atom. The van der Waals surface area contributed by atoms with Crippen molar-refractivity contribution in [1.82, 2.24) is 4.90 Å². The van der Waals surface area contributed by atoms with Gasteiger partial charge in [0.2, 0.25) is 0 Å². The first kappa shape index (κ1) is 14.5. The summed E-state index contributed by atoms with van der Waals surface area (Å²) < 4.78 is 5.15. The molecule has 0 atom stereocenters. The molecule has 0 amide bonds. The number of amidine groups is 1. The molecule has 0 aromatic rings. The van der Waals surface area contributed by atoms with Crippen LogP contribution in [-0.2, 0) is 4.74 Å². The highest BCUT2D eigenvalue weighted by Crippen LogP contribution is 2.25. The lowest BCUT2D eigenvalue weighted by molar-refractivity contribution is 0.168. The summed E-state index contributed by atoms with van der Waals surface area (Å²) in [6, 6.07) is 0. The molecule has 3 heteroatoms. The van der Waals surface area contributed by atoms with Gasteiger partial charge in [-0.05, 0) is 18.8 Å². The second kappa shape index (κ2) is 7.70. The topological polar surface area (TPSA) is 36.3 Å². The summed E-state index contributed by atoms with van der Waals surface area (Å²) >= 11 is 0. The molecule has 1 fully saturated rings. The van der Waals surface area contributed by atoms with Gasteiger partial charge >= 0.3 is 0 Å². The maximum atomic E-state index is 8.38. The fraction of sp³-hybridized carbons (Fsp3) is 0.929.